The molecule has 0 unspecified atom stereocenters. The first-order valence-corrected chi connectivity index (χ1v) is 3.79. The summed E-state index contributed by atoms with van der Waals surface area (Å²) >= 11 is 0. The summed E-state index contributed by atoms with van der Waals surface area (Å²) in [6.07, 6.45) is 0. The minimum absolute atomic E-state index is 0. The van der Waals surface area contributed by atoms with E-state index in [0.29, 0.717) is 0 Å². The zero-order valence-corrected chi connectivity index (χ0v) is 11.4. The van der Waals surface area contributed by atoms with Crippen LogP contribution in [0.25, 0.3) is 0 Å². The van der Waals surface area contributed by atoms with Crippen molar-refractivity contribution < 1.29 is 50.7 Å². The quantitative estimate of drug-likeness (QED) is 0.489. The van der Waals surface area contributed by atoms with Gasteiger partial charge in [0.15, 0.2) is 0 Å². The maximum absolute atomic E-state index is 9.44. The van der Waals surface area contributed by atoms with Crippen molar-refractivity contribution in [3.8, 4) is 0 Å². The monoisotopic (exact) mass is 281 g/mol. The Hall–Kier alpha value is 1.17. The minimum Gasteiger partial charge on any atom is -0.512 e. The van der Waals surface area contributed by atoms with Crippen LogP contribution in [0.5, 0.6) is 0 Å². The molecule has 0 saturated carbocycles. The molecule has 0 aromatic rings. The predicted molar refractivity (Wildman–Crippen MR) is 37.1 cm³/mol. The molecule has 0 aromatic carbocycles. The Morgan fingerprint density at radius 1 is 1.00 bits per heavy atom. The van der Waals surface area contributed by atoms with E-state index in [0.717, 1.165) is 0 Å². The van der Waals surface area contributed by atoms with Gasteiger partial charge in [-0.05, 0) is 0 Å². The Labute approximate surface area is 109 Å². The van der Waals surface area contributed by atoms with Crippen molar-refractivity contribution in [1.29, 1.82) is 0 Å². The van der Waals surface area contributed by atoms with E-state index in [2.05, 4.69) is 4.12 Å². The molecule has 0 aromatic heterocycles. The van der Waals surface area contributed by atoms with Crippen LogP contribution in [0.1, 0.15) is 0 Å². The van der Waals surface area contributed by atoms with Gasteiger partial charge in [0.2, 0.25) is 0 Å². The molecule has 12 heteroatoms. The molecule has 0 amide bonds. The zero-order chi connectivity index (χ0) is 5.86. The Bertz CT molecular complexity index is 97.6. The average Bonchev–Trinajstić information content (AvgIpc) is 1.27. The first-order valence-electron chi connectivity index (χ1n) is 1.26. The van der Waals surface area contributed by atoms with E-state index >= 15 is 0 Å². The molecule has 7 nitrogen and oxygen atoms in total. The summed E-state index contributed by atoms with van der Waals surface area (Å²) in [6.45, 7) is 0. The largest absolute Gasteiger partial charge is 0.759 e. The van der Waals surface area contributed by atoms with Gasteiger partial charge in [-0.25, -0.2) is 0 Å². The van der Waals surface area contributed by atoms with Gasteiger partial charge in [0.1, 0.15) is 0 Å². The molecule has 0 aliphatic heterocycles. The molecule has 5 radical (unpaired) electrons. The molecule has 69 valence electrons. The van der Waals surface area contributed by atoms with Crippen LogP contribution in [-0.4, -0.2) is 79.3 Å². The van der Waals surface area contributed by atoms with Crippen molar-refractivity contribution >= 4 is 58.8 Å². The van der Waals surface area contributed by atoms with Crippen LogP contribution in [-0.2, 0) is 30.1 Å². The van der Waals surface area contributed by atoms with Crippen LogP contribution < -0.4 is 0 Å². The van der Waals surface area contributed by atoms with Crippen LogP contribution >= 0.6 is 0 Å². The Kier molecular flexibility index (Phi) is 71.9. The second-order valence-corrected chi connectivity index (χ2v) is 2.51. The molecule has 0 rings (SSSR count). The summed E-state index contributed by atoms with van der Waals surface area (Å²) in [4.78, 5) is 15.4. The second-order valence-electron chi connectivity index (χ2n) is 0.634. The molecule has 0 aliphatic rings. The maximum Gasteiger partial charge on any atom is 0.759 e. The van der Waals surface area contributed by atoms with E-state index in [4.69, 9.17) is 9.59 Å². The summed E-state index contributed by atoms with van der Waals surface area (Å²) in [5.74, 6) is 0. The smallest absolute Gasteiger partial charge is 0.512 e. The molecule has 0 heterocycles. The van der Waals surface area contributed by atoms with Gasteiger partial charge in [-0.1, -0.05) is 0 Å². The van der Waals surface area contributed by atoms with Crippen molar-refractivity contribution in [3.05, 3.63) is 0 Å². The van der Waals surface area contributed by atoms with Crippen molar-refractivity contribution in [2.75, 3.05) is 0 Å². The molecule has 0 spiro atoms. The van der Waals surface area contributed by atoms with E-state index in [9.17, 15) is 8.92 Å². The Morgan fingerprint density at radius 2 is 1.17 bits per heavy atom. The number of hydrogen-bond donors (Lipinski definition) is 2. The molecule has 0 saturated heterocycles. The number of rotatable bonds is 2. The van der Waals surface area contributed by atoms with Gasteiger partial charge in [0, 0.05) is 57.5 Å². The standard InChI is InChI=1S/Al.Fe.Mg.H2O5Si2.2H2O/c;;;1-6(2)5-7(3)4;;/h;;;1,3H;2*1H2. The third-order valence-electron chi connectivity index (χ3n) is 0.175. The van der Waals surface area contributed by atoms with Crippen molar-refractivity contribution in [2.45, 2.75) is 0 Å². The van der Waals surface area contributed by atoms with Gasteiger partial charge in [0.25, 0.3) is 0 Å². The Morgan fingerprint density at radius 3 is 1.17 bits per heavy atom. The second kappa shape index (κ2) is 22.7. The fourth-order valence-electron chi connectivity index (χ4n) is 0.0747. The van der Waals surface area contributed by atoms with Gasteiger partial charge in [-0.3, -0.25) is 8.92 Å². The molecule has 0 fully saturated rings. The van der Waals surface area contributed by atoms with Crippen LogP contribution in [0, 0.1) is 0 Å². The van der Waals surface area contributed by atoms with Crippen molar-refractivity contribution in [1.82, 2.24) is 0 Å². The molecule has 6 N–H and O–H groups in total. The van der Waals surface area contributed by atoms with Crippen molar-refractivity contribution in [3.63, 3.8) is 0 Å². The molecule has 0 aliphatic carbocycles. The van der Waals surface area contributed by atoms with E-state index in [1.165, 1.54) is 0 Å². The van der Waals surface area contributed by atoms with Gasteiger partial charge in [0.05, 0.1) is 0 Å². The van der Waals surface area contributed by atoms with Gasteiger partial charge in [-0.2, -0.15) is 0 Å². The molecule has 0 bridgehead atoms. The maximum atomic E-state index is 9.44. The summed E-state index contributed by atoms with van der Waals surface area (Å²) in [6, 6.07) is 0. The summed E-state index contributed by atoms with van der Waals surface area (Å²) in [7, 11) is -6.40. The average molecular weight is 281 g/mol. The van der Waals surface area contributed by atoms with Crippen LogP contribution in [0.3, 0.4) is 0 Å². The summed E-state index contributed by atoms with van der Waals surface area (Å²) in [5, 5.41) is 0. The third kappa shape index (κ3) is 43.2. The van der Waals surface area contributed by atoms with Crippen LogP contribution in [0.2, 0.25) is 0 Å². The summed E-state index contributed by atoms with van der Waals surface area (Å²) in [5.41, 5.74) is 0. The fourth-order valence-corrected chi connectivity index (χ4v) is 0.672. The van der Waals surface area contributed by atoms with Crippen molar-refractivity contribution in [2.24, 2.45) is 0 Å². The third-order valence-corrected chi connectivity index (χ3v) is 1.57. The number of hydrogen-bond acceptors (Lipinski definition) is 3. The molecular weight excluding hydrogens is 275 g/mol. The predicted octanol–water partition coefficient (Wildman–Crippen LogP) is -4.60. The first-order chi connectivity index (χ1) is 3.13. The normalized spacial score (nSPS) is 4.33. The first kappa shape index (κ1) is 37.9. The Balaban J connectivity index is -0.0000000180. The fraction of sp³-hybridized carbons (Fsp3) is 0. The zero-order valence-electron chi connectivity index (χ0n) is 5.76. The van der Waals surface area contributed by atoms with Gasteiger partial charge >= 0.3 is 18.3 Å². The van der Waals surface area contributed by atoms with E-state index in [1.54, 1.807) is 0 Å². The topological polar surface area (TPSA) is 147 Å². The van der Waals surface area contributed by atoms with Crippen LogP contribution in [0.15, 0.2) is 0 Å². The van der Waals surface area contributed by atoms with Crippen LogP contribution in [0.4, 0.5) is 0 Å². The molecular formula is H6AlFeMgO7Si2. The van der Waals surface area contributed by atoms with Gasteiger partial charge < -0.3 is 24.7 Å². The van der Waals surface area contributed by atoms with Gasteiger partial charge in [-0.15, -0.1) is 0 Å². The minimum atomic E-state index is -3.20. The SMILES string of the molecule is O.O.O=[Si](O)O[Si](=O)O.[Al].[Fe].[Mg]. The molecule has 12 heavy (non-hydrogen) atoms. The van der Waals surface area contributed by atoms with E-state index < -0.39 is 18.3 Å². The summed E-state index contributed by atoms with van der Waals surface area (Å²) < 4.78 is 22.3. The van der Waals surface area contributed by atoms with E-state index in [1.807, 2.05) is 0 Å². The molecule has 0 atom stereocenters. The van der Waals surface area contributed by atoms with E-state index in [-0.39, 0.29) is 68.4 Å².